The topological polar surface area (TPSA) is 67.7 Å². The molecule has 0 aliphatic rings. The van der Waals surface area contributed by atoms with Gasteiger partial charge in [0.1, 0.15) is 11.7 Å². The van der Waals surface area contributed by atoms with Crippen molar-refractivity contribution in [1.82, 2.24) is 9.55 Å². The lowest BCUT2D eigenvalue weighted by Gasteiger charge is -2.14. The molecule has 0 saturated heterocycles. The van der Waals surface area contributed by atoms with Crippen LogP contribution in [0.2, 0.25) is 0 Å². The van der Waals surface area contributed by atoms with Crippen molar-refractivity contribution in [1.29, 1.82) is 5.41 Å². The number of hydrogen-bond donors (Lipinski definition) is 2. The van der Waals surface area contributed by atoms with Crippen molar-refractivity contribution in [3.8, 4) is 11.4 Å². The second-order valence-corrected chi connectivity index (χ2v) is 3.66. The number of amidine groups is 1. The molecule has 3 N–H and O–H groups in total. The highest BCUT2D eigenvalue weighted by molar-refractivity contribution is 5.81. The van der Waals surface area contributed by atoms with E-state index >= 15 is 0 Å². The lowest BCUT2D eigenvalue weighted by Crippen LogP contribution is -2.23. The lowest BCUT2D eigenvalue weighted by atomic mass is 10.2. The normalized spacial score (nSPS) is 12.3. The van der Waals surface area contributed by atoms with Gasteiger partial charge in [-0.15, -0.1) is 0 Å². The highest BCUT2D eigenvalue weighted by Crippen LogP contribution is 2.20. The average Bonchev–Trinajstić information content (AvgIpc) is 2.77. The van der Waals surface area contributed by atoms with Crippen LogP contribution in [-0.2, 0) is 0 Å². The fraction of sp³-hybridized carbons (Fsp3) is 0.167. The van der Waals surface area contributed by atoms with Crippen LogP contribution in [0.5, 0.6) is 0 Å². The number of nitrogens with two attached hydrogens (primary N) is 1. The second-order valence-electron chi connectivity index (χ2n) is 3.66. The Hall–Kier alpha value is -2.10. The molecule has 1 heterocycles. The Bertz CT molecular complexity index is 487. The Morgan fingerprint density at radius 2 is 2.06 bits per heavy atom. The Morgan fingerprint density at radius 1 is 1.38 bits per heavy atom. The van der Waals surface area contributed by atoms with Crippen LogP contribution >= 0.6 is 0 Å². The summed E-state index contributed by atoms with van der Waals surface area (Å²) in [6.45, 7) is 1.89. The van der Waals surface area contributed by atoms with Gasteiger partial charge in [-0.2, -0.15) is 0 Å². The van der Waals surface area contributed by atoms with Crippen LogP contribution in [0, 0.1) is 5.41 Å². The Kier molecular flexibility index (Phi) is 2.72. The molecule has 4 nitrogen and oxygen atoms in total. The molecular formula is C12H14N4. The van der Waals surface area contributed by atoms with E-state index in [0.29, 0.717) is 0 Å². The molecule has 0 amide bonds. The minimum Gasteiger partial charge on any atom is -0.386 e. The third-order valence-electron chi connectivity index (χ3n) is 2.57. The van der Waals surface area contributed by atoms with Gasteiger partial charge < -0.3 is 10.3 Å². The van der Waals surface area contributed by atoms with Gasteiger partial charge in [-0.3, -0.25) is 5.41 Å². The summed E-state index contributed by atoms with van der Waals surface area (Å²) in [5.74, 6) is 0.971. The number of nitrogens with zero attached hydrogens (tertiary/aromatic N) is 2. The minimum atomic E-state index is -0.169. The molecule has 1 aromatic heterocycles. The van der Waals surface area contributed by atoms with Gasteiger partial charge in [0.05, 0.1) is 6.04 Å². The summed E-state index contributed by atoms with van der Waals surface area (Å²) in [5, 5.41) is 7.46. The van der Waals surface area contributed by atoms with Gasteiger partial charge in [0, 0.05) is 18.0 Å². The zero-order valence-electron chi connectivity index (χ0n) is 9.09. The first-order valence-electron chi connectivity index (χ1n) is 5.12. The van der Waals surface area contributed by atoms with Gasteiger partial charge in [-0.25, -0.2) is 4.98 Å². The molecular weight excluding hydrogens is 200 g/mol. The Morgan fingerprint density at radius 3 is 2.69 bits per heavy atom. The SMILES string of the molecule is CC(C(=N)N)n1ccnc1-c1ccccc1. The zero-order valence-corrected chi connectivity index (χ0v) is 9.09. The fourth-order valence-electron chi connectivity index (χ4n) is 1.59. The van der Waals surface area contributed by atoms with E-state index in [4.69, 9.17) is 11.1 Å². The van der Waals surface area contributed by atoms with Gasteiger partial charge in [0.15, 0.2) is 0 Å². The second kappa shape index (κ2) is 4.18. The van der Waals surface area contributed by atoms with Crippen molar-refractivity contribution >= 4 is 5.84 Å². The first-order valence-corrected chi connectivity index (χ1v) is 5.12. The molecule has 16 heavy (non-hydrogen) atoms. The van der Waals surface area contributed by atoms with Gasteiger partial charge in [0.2, 0.25) is 0 Å². The smallest absolute Gasteiger partial charge is 0.140 e. The number of imidazole rings is 1. The van der Waals surface area contributed by atoms with Gasteiger partial charge in [-0.1, -0.05) is 30.3 Å². The number of rotatable bonds is 3. The summed E-state index contributed by atoms with van der Waals surface area (Å²) in [5.41, 5.74) is 6.54. The maximum absolute atomic E-state index is 7.46. The van der Waals surface area contributed by atoms with Crippen molar-refractivity contribution in [3.05, 3.63) is 42.7 Å². The molecule has 4 heteroatoms. The highest BCUT2D eigenvalue weighted by atomic mass is 15.1. The molecule has 0 spiro atoms. The molecule has 1 aromatic carbocycles. The lowest BCUT2D eigenvalue weighted by molar-refractivity contribution is 0.693. The van der Waals surface area contributed by atoms with Gasteiger partial charge in [-0.05, 0) is 6.92 Å². The van der Waals surface area contributed by atoms with E-state index in [0.717, 1.165) is 11.4 Å². The van der Waals surface area contributed by atoms with Crippen LogP contribution in [0.25, 0.3) is 11.4 Å². The van der Waals surface area contributed by atoms with Crippen molar-refractivity contribution in [2.45, 2.75) is 13.0 Å². The summed E-state index contributed by atoms with van der Waals surface area (Å²) in [6, 6.07) is 9.71. The Labute approximate surface area is 94.2 Å². The van der Waals surface area contributed by atoms with E-state index in [1.165, 1.54) is 0 Å². The average molecular weight is 214 g/mol. The maximum Gasteiger partial charge on any atom is 0.140 e. The first-order chi connectivity index (χ1) is 7.70. The van der Waals surface area contributed by atoms with Crippen LogP contribution in [-0.4, -0.2) is 15.4 Å². The molecule has 1 atom stereocenters. The molecule has 0 saturated carbocycles. The zero-order chi connectivity index (χ0) is 11.5. The minimum absolute atomic E-state index is 0.134. The molecule has 0 bridgehead atoms. The van der Waals surface area contributed by atoms with E-state index in [1.807, 2.05) is 48.0 Å². The monoisotopic (exact) mass is 214 g/mol. The summed E-state index contributed by atoms with van der Waals surface area (Å²) in [7, 11) is 0. The maximum atomic E-state index is 7.46. The number of nitrogens with one attached hydrogen (secondary N) is 1. The van der Waals surface area contributed by atoms with Crippen molar-refractivity contribution in [2.24, 2.45) is 5.73 Å². The van der Waals surface area contributed by atoms with Crippen LogP contribution in [0.3, 0.4) is 0 Å². The van der Waals surface area contributed by atoms with E-state index in [1.54, 1.807) is 6.20 Å². The summed E-state index contributed by atoms with van der Waals surface area (Å²) in [4.78, 5) is 4.30. The quantitative estimate of drug-likeness (QED) is 0.606. The summed E-state index contributed by atoms with van der Waals surface area (Å²) < 4.78 is 1.90. The Balaban J connectivity index is 2.44. The molecule has 1 unspecified atom stereocenters. The molecule has 2 aromatic rings. The standard InChI is InChI=1S/C12H14N4/c1-9(11(13)14)16-8-7-15-12(16)10-5-3-2-4-6-10/h2-9H,1H3,(H3,13,14). The number of aromatic nitrogens is 2. The predicted molar refractivity (Wildman–Crippen MR) is 64.3 cm³/mol. The van der Waals surface area contributed by atoms with Gasteiger partial charge >= 0.3 is 0 Å². The third kappa shape index (κ3) is 1.82. The van der Waals surface area contributed by atoms with Crippen LogP contribution in [0.1, 0.15) is 13.0 Å². The van der Waals surface area contributed by atoms with Crippen molar-refractivity contribution in [3.63, 3.8) is 0 Å². The number of hydrogen-bond acceptors (Lipinski definition) is 2. The van der Waals surface area contributed by atoms with E-state index in [2.05, 4.69) is 4.98 Å². The summed E-state index contributed by atoms with van der Waals surface area (Å²) in [6.07, 6.45) is 3.57. The molecule has 0 radical (unpaired) electrons. The third-order valence-corrected chi connectivity index (χ3v) is 2.57. The van der Waals surface area contributed by atoms with E-state index in [9.17, 15) is 0 Å². The largest absolute Gasteiger partial charge is 0.386 e. The van der Waals surface area contributed by atoms with Crippen molar-refractivity contribution in [2.75, 3.05) is 0 Å². The van der Waals surface area contributed by atoms with E-state index < -0.39 is 0 Å². The highest BCUT2D eigenvalue weighted by Gasteiger charge is 2.12. The first kappa shape index (κ1) is 10.4. The number of benzene rings is 1. The van der Waals surface area contributed by atoms with Crippen LogP contribution in [0.4, 0.5) is 0 Å². The van der Waals surface area contributed by atoms with E-state index in [-0.39, 0.29) is 11.9 Å². The molecule has 0 aliphatic heterocycles. The molecule has 82 valence electrons. The summed E-state index contributed by atoms with van der Waals surface area (Å²) >= 11 is 0. The van der Waals surface area contributed by atoms with Crippen LogP contribution in [0.15, 0.2) is 42.7 Å². The molecule has 0 fully saturated rings. The predicted octanol–water partition coefficient (Wildman–Crippen LogP) is 2.05. The van der Waals surface area contributed by atoms with Gasteiger partial charge in [0.25, 0.3) is 0 Å². The molecule has 2 rings (SSSR count). The van der Waals surface area contributed by atoms with Crippen LogP contribution < -0.4 is 5.73 Å². The fourth-order valence-corrected chi connectivity index (χ4v) is 1.59. The van der Waals surface area contributed by atoms with Crippen molar-refractivity contribution < 1.29 is 0 Å². The molecule has 0 aliphatic carbocycles.